The van der Waals surface area contributed by atoms with E-state index in [1.165, 1.54) is 4.90 Å². The van der Waals surface area contributed by atoms with E-state index in [1.54, 1.807) is 24.3 Å². The Morgan fingerprint density at radius 2 is 1.79 bits per heavy atom. The van der Waals surface area contributed by atoms with Crippen LogP contribution in [0.4, 0.5) is 0 Å². The number of rotatable bonds is 7. The monoisotopic (exact) mass is 434 g/mol. The van der Waals surface area contributed by atoms with Crippen molar-refractivity contribution >= 4 is 35.1 Å². The molecular weight excluding hydrogens is 411 g/mol. The second-order valence-electron chi connectivity index (χ2n) is 7.54. The van der Waals surface area contributed by atoms with Crippen LogP contribution in [-0.4, -0.2) is 34.0 Å². The Morgan fingerprint density at radius 3 is 2.38 bits per heavy atom. The number of hydrogen-bond donors (Lipinski definition) is 2. The molecule has 0 spiro atoms. The predicted molar refractivity (Wildman–Crippen MR) is 114 cm³/mol. The van der Waals surface area contributed by atoms with E-state index in [0.717, 1.165) is 11.1 Å². The number of benzene rings is 2. The number of aliphatic carboxylic acids is 1. The van der Waals surface area contributed by atoms with Crippen molar-refractivity contribution in [1.29, 1.82) is 0 Å². The summed E-state index contributed by atoms with van der Waals surface area (Å²) in [7, 11) is 0. The molecule has 2 N–H and O–H groups in total. The van der Waals surface area contributed by atoms with E-state index in [2.05, 4.69) is 5.32 Å². The topological polar surface area (TPSA) is 69.6 Å². The first-order valence-electron chi connectivity index (χ1n) is 9.59. The number of carbonyl (C=O) groups is 2. The molecule has 2 aromatic carbocycles. The van der Waals surface area contributed by atoms with Crippen molar-refractivity contribution in [2.75, 3.05) is 0 Å². The van der Waals surface area contributed by atoms with Crippen molar-refractivity contribution in [1.82, 2.24) is 10.2 Å². The molecular formula is C22H24Cl2N2O3. The summed E-state index contributed by atoms with van der Waals surface area (Å²) >= 11 is 12.3. The fraction of sp³-hybridized carbons (Fsp3) is 0.364. The van der Waals surface area contributed by atoms with Crippen LogP contribution < -0.4 is 5.32 Å². The van der Waals surface area contributed by atoms with Crippen LogP contribution in [0, 0.1) is 0 Å². The number of nitrogens with zero attached hydrogens (tertiary/aromatic N) is 1. The van der Waals surface area contributed by atoms with Gasteiger partial charge in [-0.2, -0.15) is 0 Å². The molecule has 1 unspecified atom stereocenters. The minimum atomic E-state index is -0.998. The third kappa shape index (κ3) is 4.92. The summed E-state index contributed by atoms with van der Waals surface area (Å²) in [4.78, 5) is 26.3. The maximum absolute atomic E-state index is 12.8. The lowest BCUT2D eigenvalue weighted by Crippen LogP contribution is -2.47. The van der Waals surface area contributed by atoms with Gasteiger partial charge in [0.1, 0.15) is 6.04 Å². The molecule has 1 saturated heterocycles. The molecule has 0 aliphatic carbocycles. The predicted octanol–water partition coefficient (Wildman–Crippen LogP) is 4.85. The molecule has 5 nitrogen and oxygen atoms in total. The molecule has 29 heavy (non-hydrogen) atoms. The lowest BCUT2D eigenvalue weighted by Gasteiger charge is -2.39. The molecule has 7 heteroatoms. The highest BCUT2D eigenvalue weighted by Gasteiger charge is 2.44. The van der Waals surface area contributed by atoms with Crippen LogP contribution in [0.25, 0.3) is 0 Å². The van der Waals surface area contributed by atoms with Gasteiger partial charge in [0.15, 0.2) is 0 Å². The first-order chi connectivity index (χ1) is 13.8. The summed E-state index contributed by atoms with van der Waals surface area (Å²) in [5.41, 5.74) is 1.70. The number of carboxylic acids is 1. The number of likely N-dealkylation sites (tertiary alicyclic amines) is 1. The first-order valence-corrected chi connectivity index (χ1v) is 10.3. The van der Waals surface area contributed by atoms with Crippen molar-refractivity contribution in [3.63, 3.8) is 0 Å². The average Bonchev–Trinajstić information content (AvgIpc) is 3.03. The molecule has 1 heterocycles. The van der Waals surface area contributed by atoms with E-state index in [1.807, 2.05) is 38.1 Å². The largest absolute Gasteiger partial charge is 0.480 e. The van der Waals surface area contributed by atoms with E-state index < -0.39 is 18.1 Å². The van der Waals surface area contributed by atoms with Crippen LogP contribution in [0.15, 0.2) is 48.5 Å². The van der Waals surface area contributed by atoms with Crippen molar-refractivity contribution in [2.24, 2.45) is 0 Å². The van der Waals surface area contributed by atoms with Crippen LogP contribution in [0.1, 0.15) is 49.9 Å². The lowest BCUT2D eigenvalue weighted by molar-refractivity contribution is -0.148. The van der Waals surface area contributed by atoms with Gasteiger partial charge in [0.05, 0.1) is 12.1 Å². The molecule has 0 aromatic heterocycles. The van der Waals surface area contributed by atoms with Crippen molar-refractivity contribution < 1.29 is 14.7 Å². The highest BCUT2D eigenvalue weighted by atomic mass is 35.5. The molecule has 1 aliphatic rings. The van der Waals surface area contributed by atoms with Crippen molar-refractivity contribution in [3.05, 3.63) is 69.7 Å². The number of hydrogen-bond acceptors (Lipinski definition) is 3. The zero-order valence-corrected chi connectivity index (χ0v) is 17.8. The molecule has 1 amide bonds. The zero-order valence-electron chi connectivity index (χ0n) is 16.3. The number of halogens is 2. The van der Waals surface area contributed by atoms with Gasteiger partial charge in [-0.1, -0.05) is 61.3 Å². The Balaban J connectivity index is 2.16. The van der Waals surface area contributed by atoms with Gasteiger partial charge in [-0.15, -0.1) is 0 Å². The van der Waals surface area contributed by atoms with Gasteiger partial charge >= 0.3 is 5.97 Å². The van der Waals surface area contributed by atoms with Gasteiger partial charge < -0.3 is 15.3 Å². The quantitative estimate of drug-likeness (QED) is 0.653. The molecule has 3 rings (SSSR count). The first kappa shape index (κ1) is 21.6. The number of nitrogens with one attached hydrogen (secondary N) is 1. The highest BCUT2D eigenvalue weighted by Crippen LogP contribution is 2.40. The van der Waals surface area contributed by atoms with Gasteiger partial charge in [-0.05, 0) is 41.8 Å². The normalized spacial score (nSPS) is 18.9. The molecule has 1 fully saturated rings. The van der Waals surface area contributed by atoms with Crippen molar-refractivity contribution in [3.8, 4) is 0 Å². The highest BCUT2D eigenvalue weighted by molar-refractivity contribution is 6.30. The second kappa shape index (κ2) is 9.16. The van der Waals surface area contributed by atoms with Crippen LogP contribution in [0.2, 0.25) is 10.0 Å². The Morgan fingerprint density at radius 1 is 1.10 bits per heavy atom. The fourth-order valence-electron chi connectivity index (χ4n) is 3.90. The summed E-state index contributed by atoms with van der Waals surface area (Å²) < 4.78 is 0. The summed E-state index contributed by atoms with van der Waals surface area (Å²) in [6.07, 6.45) is 0.503. The number of carbonyl (C=O) groups excluding carboxylic acids is 1. The van der Waals surface area contributed by atoms with E-state index >= 15 is 0 Å². The van der Waals surface area contributed by atoms with Crippen LogP contribution in [-0.2, 0) is 9.59 Å². The van der Waals surface area contributed by atoms with E-state index in [9.17, 15) is 14.7 Å². The molecule has 0 saturated carbocycles. The molecule has 0 radical (unpaired) electrons. The third-order valence-electron chi connectivity index (χ3n) is 5.09. The molecule has 0 bridgehead atoms. The van der Waals surface area contributed by atoms with Gasteiger partial charge in [0.25, 0.3) is 0 Å². The minimum Gasteiger partial charge on any atom is -0.480 e. The minimum absolute atomic E-state index is 0.0957. The number of amides is 1. The lowest BCUT2D eigenvalue weighted by atomic mass is 9.90. The van der Waals surface area contributed by atoms with Crippen LogP contribution in [0.3, 0.4) is 0 Å². The smallest absolute Gasteiger partial charge is 0.326 e. The maximum Gasteiger partial charge on any atom is 0.326 e. The molecule has 2 aromatic rings. The maximum atomic E-state index is 12.8. The SMILES string of the molecule is CC(C)N[C@@H](c1ccc(Cl)cc1)[C@H](c1cccc(Cl)c1)N1C(=O)CCC1C(=O)O. The van der Waals surface area contributed by atoms with E-state index in [0.29, 0.717) is 16.5 Å². The summed E-state index contributed by atoms with van der Waals surface area (Å²) in [6.45, 7) is 4.02. The van der Waals surface area contributed by atoms with Gasteiger partial charge in [0, 0.05) is 22.5 Å². The summed E-state index contributed by atoms with van der Waals surface area (Å²) in [6, 6.07) is 13.0. The van der Waals surface area contributed by atoms with Gasteiger partial charge in [-0.3, -0.25) is 4.79 Å². The van der Waals surface area contributed by atoms with Crippen LogP contribution in [0.5, 0.6) is 0 Å². The third-order valence-corrected chi connectivity index (χ3v) is 5.58. The Kier molecular flexibility index (Phi) is 6.83. The Bertz CT molecular complexity index is 886. The van der Waals surface area contributed by atoms with Gasteiger partial charge in [0.2, 0.25) is 5.91 Å². The van der Waals surface area contributed by atoms with Crippen molar-refractivity contribution in [2.45, 2.75) is 50.9 Å². The van der Waals surface area contributed by atoms with Crippen LogP contribution >= 0.6 is 23.2 Å². The molecule has 3 atom stereocenters. The standard InChI is InChI=1S/C22H24Cl2N2O3/c1-13(2)25-20(14-6-8-16(23)9-7-14)21(15-4-3-5-17(24)12-15)26-18(22(28)29)10-11-19(26)27/h3-9,12-13,18,20-21,25H,10-11H2,1-2H3,(H,28,29)/t18?,20-,21-/m0/s1. The zero-order chi connectivity index (χ0) is 21.1. The molecule has 1 aliphatic heterocycles. The Hall–Kier alpha value is -2.08. The van der Waals surface area contributed by atoms with E-state index in [4.69, 9.17) is 23.2 Å². The second-order valence-corrected chi connectivity index (χ2v) is 8.42. The average molecular weight is 435 g/mol. The Labute approximate surface area is 180 Å². The fourth-order valence-corrected chi connectivity index (χ4v) is 4.22. The summed E-state index contributed by atoms with van der Waals surface area (Å²) in [5, 5.41) is 14.4. The van der Waals surface area contributed by atoms with E-state index in [-0.39, 0.29) is 24.4 Å². The van der Waals surface area contributed by atoms with Gasteiger partial charge in [-0.25, -0.2) is 4.79 Å². The summed E-state index contributed by atoms with van der Waals surface area (Å²) in [5.74, 6) is -1.17. The molecule has 154 valence electrons. The number of carboxylic acid groups (broad SMARTS) is 1.